The molecule has 4 aliphatic rings. The van der Waals surface area contributed by atoms with Gasteiger partial charge in [-0.1, -0.05) is 77.8 Å². The lowest BCUT2D eigenvalue weighted by Crippen LogP contribution is -2.41. The summed E-state index contributed by atoms with van der Waals surface area (Å²) in [6.45, 7) is 0. The van der Waals surface area contributed by atoms with E-state index in [2.05, 4.69) is 29.4 Å². The van der Waals surface area contributed by atoms with Crippen molar-refractivity contribution in [3.05, 3.63) is 105 Å². The van der Waals surface area contributed by atoms with Gasteiger partial charge in [-0.2, -0.15) is 10.1 Å². The fourth-order valence-electron chi connectivity index (χ4n) is 5.50. The molecule has 3 aliphatic carbocycles. The molecule has 2 bridgehead atoms. The molecule has 2 amide bonds. The highest BCUT2D eigenvalue weighted by Gasteiger charge is 2.61. The minimum atomic E-state index is -0.444. The zero-order valence-electron chi connectivity index (χ0n) is 16.2. The zero-order chi connectivity index (χ0) is 21.3. The molecule has 0 radical (unpaired) electrons. The van der Waals surface area contributed by atoms with E-state index >= 15 is 0 Å². The first-order chi connectivity index (χ1) is 15.1. The first kappa shape index (κ1) is 18.8. The molecule has 152 valence electrons. The van der Waals surface area contributed by atoms with Crippen LogP contribution in [0.25, 0.3) is 0 Å². The van der Waals surface area contributed by atoms with Crippen LogP contribution in [0.5, 0.6) is 0 Å². The molecule has 1 fully saturated rings. The normalized spacial score (nSPS) is 25.7. The van der Waals surface area contributed by atoms with Crippen LogP contribution in [-0.4, -0.2) is 23.0 Å². The highest BCUT2D eigenvalue weighted by Crippen LogP contribution is 2.60. The van der Waals surface area contributed by atoms with Crippen molar-refractivity contribution in [2.75, 3.05) is 0 Å². The second kappa shape index (κ2) is 6.78. The molecule has 0 aromatic heterocycles. The number of carbonyl (C=O) groups is 2. The molecule has 7 rings (SSSR count). The van der Waals surface area contributed by atoms with Gasteiger partial charge in [0.05, 0.1) is 23.1 Å². The molecule has 31 heavy (non-hydrogen) atoms. The molecule has 3 aromatic carbocycles. The van der Waals surface area contributed by atoms with Crippen molar-refractivity contribution in [2.45, 2.75) is 11.8 Å². The van der Waals surface area contributed by atoms with Gasteiger partial charge in [0.25, 0.3) is 11.8 Å². The average molecular weight is 447 g/mol. The van der Waals surface area contributed by atoms with Crippen LogP contribution in [0, 0.1) is 11.8 Å². The quantitative estimate of drug-likeness (QED) is 0.400. The van der Waals surface area contributed by atoms with Gasteiger partial charge in [-0.15, -0.1) is 0 Å². The number of benzene rings is 3. The first-order valence-corrected chi connectivity index (χ1v) is 10.9. The van der Waals surface area contributed by atoms with Crippen LogP contribution >= 0.6 is 23.2 Å². The third-order valence-corrected chi connectivity index (χ3v) is 7.26. The van der Waals surface area contributed by atoms with Gasteiger partial charge >= 0.3 is 0 Å². The van der Waals surface area contributed by atoms with Crippen LogP contribution in [0.15, 0.2) is 71.8 Å². The average Bonchev–Trinajstić information content (AvgIpc) is 3.04. The third-order valence-electron chi connectivity index (χ3n) is 6.70. The Bertz CT molecular complexity index is 1190. The van der Waals surface area contributed by atoms with Crippen molar-refractivity contribution in [2.24, 2.45) is 16.9 Å². The predicted octanol–water partition coefficient (Wildman–Crippen LogP) is 5.22. The SMILES string of the molecule is O=C1[C@H]2C3c4ccccc4C(c4ccccc43)[C@@H]2C(=O)N1/N=C\c1ccc(Cl)cc1Cl. The zero-order valence-corrected chi connectivity index (χ0v) is 17.7. The summed E-state index contributed by atoms with van der Waals surface area (Å²) in [4.78, 5) is 26.9. The molecule has 0 unspecified atom stereocenters. The molecule has 6 heteroatoms. The van der Waals surface area contributed by atoms with E-state index in [0.29, 0.717) is 15.6 Å². The fraction of sp³-hybridized carbons (Fsp3) is 0.160. The highest BCUT2D eigenvalue weighted by molar-refractivity contribution is 6.36. The Kier molecular flexibility index (Phi) is 4.11. The topological polar surface area (TPSA) is 49.7 Å². The number of imide groups is 1. The van der Waals surface area contributed by atoms with Crippen LogP contribution in [0.4, 0.5) is 0 Å². The monoisotopic (exact) mass is 446 g/mol. The Morgan fingerprint density at radius 2 is 1.23 bits per heavy atom. The van der Waals surface area contributed by atoms with E-state index in [1.807, 2.05) is 24.3 Å². The molecule has 0 N–H and O–H groups in total. The van der Waals surface area contributed by atoms with Gasteiger partial charge in [-0.25, -0.2) is 0 Å². The van der Waals surface area contributed by atoms with Crippen molar-refractivity contribution in [1.29, 1.82) is 0 Å². The van der Waals surface area contributed by atoms with Gasteiger partial charge in [-0.3, -0.25) is 9.59 Å². The number of hydrogen-bond acceptors (Lipinski definition) is 3. The molecular formula is C25H16Cl2N2O2. The minimum Gasteiger partial charge on any atom is -0.272 e. The van der Waals surface area contributed by atoms with E-state index in [-0.39, 0.29) is 23.7 Å². The van der Waals surface area contributed by atoms with Gasteiger partial charge < -0.3 is 0 Å². The maximum Gasteiger partial charge on any atom is 0.254 e. The maximum atomic E-state index is 13.5. The molecule has 3 aromatic rings. The molecule has 0 spiro atoms. The summed E-state index contributed by atoms with van der Waals surface area (Å²) < 4.78 is 0. The second-order valence-corrected chi connectivity index (χ2v) is 9.01. The Hall–Kier alpha value is -2.95. The number of hydrazone groups is 1. The van der Waals surface area contributed by atoms with E-state index in [9.17, 15) is 9.59 Å². The lowest BCUT2D eigenvalue weighted by Gasteiger charge is -2.45. The van der Waals surface area contributed by atoms with Gasteiger partial charge in [0.1, 0.15) is 0 Å². The summed E-state index contributed by atoms with van der Waals surface area (Å²) in [5.74, 6) is -1.68. The molecule has 4 nitrogen and oxygen atoms in total. The Morgan fingerprint density at radius 3 is 1.68 bits per heavy atom. The van der Waals surface area contributed by atoms with Crippen molar-refractivity contribution >= 4 is 41.2 Å². The van der Waals surface area contributed by atoms with Crippen molar-refractivity contribution in [3.8, 4) is 0 Å². The number of rotatable bonds is 2. The molecule has 1 saturated heterocycles. The van der Waals surface area contributed by atoms with E-state index in [1.165, 1.54) is 6.21 Å². The van der Waals surface area contributed by atoms with Crippen LogP contribution in [0.2, 0.25) is 10.0 Å². The molecule has 1 heterocycles. The molecule has 2 atom stereocenters. The van der Waals surface area contributed by atoms with Crippen molar-refractivity contribution in [3.63, 3.8) is 0 Å². The predicted molar refractivity (Wildman–Crippen MR) is 119 cm³/mol. The van der Waals surface area contributed by atoms with Crippen LogP contribution in [0.3, 0.4) is 0 Å². The standard InChI is InChI=1S/C25H16Cl2N2O2/c26-14-10-9-13(19(27)11-14)12-28-29-24(30)22-20-15-5-1-2-6-16(15)21(23(22)25(29)31)18-8-4-3-7-17(18)20/h1-12,20-23H/b28-12-/t20?,21?,22-,23-/m0/s1. The minimum absolute atomic E-state index is 0.141. The molecular weight excluding hydrogens is 431 g/mol. The fourth-order valence-corrected chi connectivity index (χ4v) is 5.96. The van der Waals surface area contributed by atoms with Gasteiger partial charge in [-0.05, 0) is 34.4 Å². The Balaban J connectivity index is 1.45. The van der Waals surface area contributed by atoms with Crippen molar-refractivity contribution < 1.29 is 9.59 Å². The summed E-state index contributed by atoms with van der Waals surface area (Å²) in [5, 5.41) is 6.23. The number of hydrogen-bond donors (Lipinski definition) is 0. The van der Waals surface area contributed by atoms with Crippen LogP contribution in [-0.2, 0) is 9.59 Å². The van der Waals surface area contributed by atoms with Gasteiger partial charge in [0.15, 0.2) is 0 Å². The first-order valence-electron chi connectivity index (χ1n) is 10.1. The van der Waals surface area contributed by atoms with Gasteiger partial charge in [0.2, 0.25) is 0 Å². The Morgan fingerprint density at radius 1 is 0.742 bits per heavy atom. The van der Waals surface area contributed by atoms with Crippen molar-refractivity contribution in [1.82, 2.24) is 5.01 Å². The third kappa shape index (κ3) is 2.58. The summed E-state index contributed by atoms with van der Waals surface area (Å²) in [5.41, 5.74) is 5.15. The summed E-state index contributed by atoms with van der Waals surface area (Å²) in [6.07, 6.45) is 1.45. The molecule has 0 saturated carbocycles. The van der Waals surface area contributed by atoms with Crippen LogP contribution < -0.4 is 0 Å². The van der Waals surface area contributed by atoms with E-state index < -0.39 is 11.8 Å². The lowest BCUT2D eigenvalue weighted by atomic mass is 9.55. The second-order valence-electron chi connectivity index (χ2n) is 8.16. The number of halogens is 2. The van der Waals surface area contributed by atoms with E-state index in [0.717, 1.165) is 27.3 Å². The smallest absolute Gasteiger partial charge is 0.254 e. The highest BCUT2D eigenvalue weighted by atomic mass is 35.5. The summed E-state index contributed by atoms with van der Waals surface area (Å²) in [7, 11) is 0. The summed E-state index contributed by atoms with van der Waals surface area (Å²) in [6, 6.07) is 21.3. The van der Waals surface area contributed by atoms with Gasteiger partial charge in [0, 0.05) is 22.4 Å². The maximum absolute atomic E-state index is 13.5. The number of nitrogens with zero attached hydrogens (tertiary/aromatic N) is 2. The Labute approximate surface area is 189 Å². The van der Waals surface area contributed by atoms with Crippen LogP contribution in [0.1, 0.15) is 39.7 Å². The van der Waals surface area contributed by atoms with E-state index in [1.54, 1.807) is 18.2 Å². The number of amides is 2. The molecule has 1 aliphatic heterocycles. The summed E-state index contributed by atoms with van der Waals surface area (Å²) >= 11 is 12.2. The number of carbonyl (C=O) groups excluding carboxylic acids is 2. The van der Waals surface area contributed by atoms with E-state index in [4.69, 9.17) is 23.2 Å². The lowest BCUT2D eigenvalue weighted by molar-refractivity contribution is -0.139. The largest absolute Gasteiger partial charge is 0.272 e.